The molecule has 0 fully saturated rings. The molecule has 0 aliphatic heterocycles. The second-order valence-electron chi connectivity index (χ2n) is 8.48. The van der Waals surface area contributed by atoms with Crippen LogP contribution in [0.4, 0.5) is 5.69 Å². The second-order valence-corrected chi connectivity index (χ2v) is 10.8. The largest absolute Gasteiger partial charge is 0.455 e. The molecule has 0 heterocycles. The van der Waals surface area contributed by atoms with Crippen molar-refractivity contribution in [3.63, 3.8) is 0 Å². The number of sulfonamides is 1. The van der Waals surface area contributed by atoms with Crippen LogP contribution in [0.25, 0.3) is 0 Å². The second kappa shape index (κ2) is 12.0. The molecule has 8 heteroatoms. The van der Waals surface area contributed by atoms with Crippen LogP contribution < -0.4 is 14.4 Å². The van der Waals surface area contributed by atoms with Gasteiger partial charge in [0.15, 0.2) is 5.75 Å². The molecule has 37 heavy (non-hydrogen) atoms. The lowest BCUT2D eigenvalue weighted by atomic mass is 10.1. The van der Waals surface area contributed by atoms with Gasteiger partial charge in [-0.2, -0.15) is 0 Å². The van der Waals surface area contributed by atoms with Gasteiger partial charge in [0.05, 0.1) is 18.5 Å². The van der Waals surface area contributed by atoms with Gasteiger partial charge in [0.25, 0.3) is 5.91 Å². The van der Waals surface area contributed by atoms with Crippen LogP contribution in [0.5, 0.6) is 11.5 Å². The van der Waals surface area contributed by atoms with Crippen molar-refractivity contribution in [3.8, 4) is 11.5 Å². The molecule has 190 valence electrons. The highest BCUT2D eigenvalue weighted by atomic mass is 35.5. The maximum Gasteiger partial charge on any atom is 0.251 e. The van der Waals surface area contributed by atoms with Crippen molar-refractivity contribution in [1.82, 2.24) is 5.32 Å². The maximum atomic E-state index is 12.8. The molecule has 0 aliphatic rings. The van der Waals surface area contributed by atoms with Crippen molar-refractivity contribution >= 4 is 33.2 Å². The molecule has 0 spiro atoms. The average molecular weight is 535 g/mol. The van der Waals surface area contributed by atoms with Gasteiger partial charge in [0.2, 0.25) is 10.0 Å². The fraction of sp³-hybridized carbons (Fsp3) is 0.138. The molecule has 0 bridgehead atoms. The lowest BCUT2D eigenvalue weighted by Crippen LogP contribution is -2.29. The molecule has 0 radical (unpaired) electrons. The zero-order valence-corrected chi connectivity index (χ0v) is 21.9. The number of carbonyl (C=O) groups excluding carboxylic acids is 1. The Kier molecular flexibility index (Phi) is 8.48. The van der Waals surface area contributed by atoms with Gasteiger partial charge < -0.3 is 10.1 Å². The minimum atomic E-state index is -3.63. The molecule has 4 aromatic carbocycles. The Bertz CT molecular complexity index is 1440. The number of para-hydroxylation sites is 3. The summed E-state index contributed by atoms with van der Waals surface area (Å²) in [5.41, 5.74) is 2.74. The normalized spacial score (nSPS) is 11.1. The number of benzene rings is 4. The summed E-state index contributed by atoms with van der Waals surface area (Å²) >= 11 is 5.91. The number of amides is 1. The van der Waals surface area contributed by atoms with E-state index in [-0.39, 0.29) is 12.5 Å². The van der Waals surface area contributed by atoms with Crippen molar-refractivity contribution in [2.45, 2.75) is 13.0 Å². The lowest BCUT2D eigenvalue weighted by molar-refractivity contribution is 0.0954. The molecular weight excluding hydrogens is 508 g/mol. The van der Waals surface area contributed by atoms with Crippen molar-refractivity contribution < 1.29 is 17.9 Å². The number of hydrogen-bond donors (Lipinski definition) is 1. The number of carbonyl (C=O) groups is 1. The van der Waals surface area contributed by atoms with E-state index in [1.54, 1.807) is 60.7 Å². The molecule has 0 aliphatic carbocycles. The molecule has 0 saturated carbocycles. The minimum Gasteiger partial charge on any atom is -0.455 e. The van der Waals surface area contributed by atoms with Crippen LogP contribution in [0.15, 0.2) is 103 Å². The summed E-state index contributed by atoms with van der Waals surface area (Å²) in [6, 6.07) is 30.6. The Morgan fingerprint density at radius 2 is 1.46 bits per heavy atom. The predicted molar refractivity (Wildman–Crippen MR) is 148 cm³/mol. The summed E-state index contributed by atoms with van der Waals surface area (Å²) in [7, 11) is -3.63. The third kappa shape index (κ3) is 7.35. The van der Waals surface area contributed by atoms with E-state index < -0.39 is 10.0 Å². The number of halogens is 1. The van der Waals surface area contributed by atoms with E-state index in [1.807, 2.05) is 42.5 Å². The first kappa shape index (κ1) is 26.3. The zero-order chi connectivity index (χ0) is 26.3. The van der Waals surface area contributed by atoms with E-state index in [2.05, 4.69) is 5.32 Å². The Hall–Kier alpha value is -3.81. The standard InChI is InChI=1S/C29H27ClN2O4S/c1-37(34,35)32(27-9-5-6-10-28(27)36-26-7-3-2-4-8-26)21-23-11-15-24(16-12-23)29(33)31-20-19-22-13-17-25(30)18-14-22/h2-18H,19-21H2,1H3,(H,31,33). The zero-order valence-electron chi connectivity index (χ0n) is 20.3. The first-order valence-electron chi connectivity index (χ1n) is 11.7. The van der Waals surface area contributed by atoms with Gasteiger partial charge in [-0.15, -0.1) is 0 Å². The number of nitrogens with one attached hydrogen (secondary N) is 1. The summed E-state index contributed by atoms with van der Waals surface area (Å²) in [4.78, 5) is 12.6. The van der Waals surface area contributed by atoms with Crippen LogP contribution in [-0.2, 0) is 23.0 Å². The van der Waals surface area contributed by atoms with E-state index in [0.29, 0.717) is 40.7 Å². The van der Waals surface area contributed by atoms with E-state index in [1.165, 1.54) is 4.31 Å². The van der Waals surface area contributed by atoms with Crippen molar-refractivity contribution in [2.75, 3.05) is 17.1 Å². The topological polar surface area (TPSA) is 75.7 Å². The highest BCUT2D eigenvalue weighted by Gasteiger charge is 2.22. The Morgan fingerprint density at radius 3 is 2.14 bits per heavy atom. The SMILES string of the molecule is CS(=O)(=O)N(Cc1ccc(C(=O)NCCc2ccc(Cl)cc2)cc1)c1ccccc1Oc1ccccc1. The van der Waals surface area contributed by atoms with Crippen molar-refractivity contribution in [3.05, 3.63) is 125 Å². The lowest BCUT2D eigenvalue weighted by Gasteiger charge is -2.25. The summed E-state index contributed by atoms with van der Waals surface area (Å²) < 4.78 is 32.8. The smallest absolute Gasteiger partial charge is 0.251 e. The van der Waals surface area contributed by atoms with Gasteiger partial charge in [-0.3, -0.25) is 9.10 Å². The van der Waals surface area contributed by atoms with E-state index in [4.69, 9.17) is 16.3 Å². The molecule has 1 amide bonds. The minimum absolute atomic E-state index is 0.0897. The van der Waals surface area contributed by atoms with Crippen LogP contribution in [0, 0.1) is 0 Å². The van der Waals surface area contributed by atoms with Crippen LogP contribution in [0.1, 0.15) is 21.5 Å². The Balaban J connectivity index is 1.45. The fourth-order valence-corrected chi connectivity index (χ4v) is 4.76. The van der Waals surface area contributed by atoms with Crippen molar-refractivity contribution in [2.24, 2.45) is 0 Å². The first-order valence-corrected chi connectivity index (χ1v) is 13.9. The molecule has 0 unspecified atom stereocenters. The number of nitrogens with zero attached hydrogens (tertiary/aromatic N) is 1. The number of anilines is 1. The first-order chi connectivity index (χ1) is 17.8. The summed E-state index contributed by atoms with van der Waals surface area (Å²) in [5, 5.41) is 3.58. The Morgan fingerprint density at radius 1 is 0.838 bits per heavy atom. The van der Waals surface area contributed by atoms with Gasteiger partial charge in [-0.25, -0.2) is 8.42 Å². The molecule has 0 aromatic heterocycles. The maximum absolute atomic E-state index is 12.8. The number of rotatable bonds is 10. The van der Waals surface area contributed by atoms with Gasteiger partial charge in [0, 0.05) is 17.1 Å². The molecule has 4 aromatic rings. The van der Waals surface area contributed by atoms with Gasteiger partial charge >= 0.3 is 0 Å². The van der Waals surface area contributed by atoms with Crippen LogP contribution in [0.3, 0.4) is 0 Å². The fourth-order valence-electron chi connectivity index (χ4n) is 3.75. The van der Waals surface area contributed by atoms with E-state index in [9.17, 15) is 13.2 Å². The number of ether oxygens (including phenoxy) is 1. The van der Waals surface area contributed by atoms with Crippen LogP contribution in [0.2, 0.25) is 5.02 Å². The quantitative estimate of drug-likeness (QED) is 0.268. The van der Waals surface area contributed by atoms with E-state index >= 15 is 0 Å². The van der Waals surface area contributed by atoms with Gasteiger partial charge in [0.1, 0.15) is 5.75 Å². The van der Waals surface area contributed by atoms with Crippen LogP contribution in [-0.4, -0.2) is 27.1 Å². The highest BCUT2D eigenvalue weighted by molar-refractivity contribution is 7.92. The number of hydrogen-bond acceptors (Lipinski definition) is 4. The van der Waals surface area contributed by atoms with Crippen molar-refractivity contribution in [1.29, 1.82) is 0 Å². The molecular formula is C29H27ClN2O4S. The third-order valence-corrected chi connectivity index (χ3v) is 7.04. The molecule has 4 rings (SSSR count). The predicted octanol–water partition coefficient (Wildman–Crippen LogP) is 6.07. The monoisotopic (exact) mass is 534 g/mol. The van der Waals surface area contributed by atoms with Gasteiger partial charge in [-0.05, 0) is 66.1 Å². The molecule has 1 N–H and O–H groups in total. The summed E-state index contributed by atoms with van der Waals surface area (Å²) in [6.07, 6.45) is 1.85. The third-order valence-electron chi connectivity index (χ3n) is 5.66. The molecule has 0 saturated heterocycles. The average Bonchev–Trinajstić information content (AvgIpc) is 2.89. The van der Waals surface area contributed by atoms with Gasteiger partial charge in [-0.1, -0.05) is 66.2 Å². The molecule has 0 atom stereocenters. The van der Waals surface area contributed by atoms with E-state index in [0.717, 1.165) is 17.4 Å². The summed E-state index contributed by atoms with van der Waals surface area (Å²) in [6.45, 7) is 0.578. The Labute approximate surface area is 222 Å². The van der Waals surface area contributed by atoms with Crippen LogP contribution >= 0.6 is 11.6 Å². The highest BCUT2D eigenvalue weighted by Crippen LogP contribution is 2.34. The summed E-state index contributed by atoms with van der Waals surface area (Å²) in [5.74, 6) is 0.840. The molecule has 6 nitrogen and oxygen atoms in total.